The van der Waals surface area contributed by atoms with Crippen LogP contribution in [0.15, 0.2) is 18.3 Å². The van der Waals surface area contributed by atoms with E-state index in [2.05, 4.69) is 57.0 Å². The van der Waals surface area contributed by atoms with Crippen molar-refractivity contribution < 1.29 is 4.74 Å². The summed E-state index contributed by atoms with van der Waals surface area (Å²) in [7, 11) is 4.11. The average Bonchev–Trinajstić information content (AvgIpc) is 2.37. The Hall–Kier alpha value is -1.13. The lowest BCUT2D eigenvalue weighted by atomic mass is 10.1. The molecule has 0 amide bonds. The van der Waals surface area contributed by atoms with Crippen LogP contribution < -0.4 is 10.1 Å². The average molecular weight is 265 g/mol. The Morgan fingerprint density at radius 1 is 1.42 bits per heavy atom. The van der Waals surface area contributed by atoms with Gasteiger partial charge in [-0.1, -0.05) is 6.92 Å². The van der Waals surface area contributed by atoms with Crippen molar-refractivity contribution in [2.45, 2.75) is 39.3 Å². The number of rotatable bonds is 7. The minimum absolute atomic E-state index is 0.00896. The highest BCUT2D eigenvalue weighted by Crippen LogP contribution is 2.18. The van der Waals surface area contributed by atoms with Gasteiger partial charge in [0.2, 0.25) is 5.88 Å². The smallest absolute Gasteiger partial charge is 0.213 e. The van der Waals surface area contributed by atoms with Gasteiger partial charge in [0.1, 0.15) is 6.61 Å². The summed E-state index contributed by atoms with van der Waals surface area (Å²) in [5.74, 6) is 0.692. The number of aromatic nitrogens is 1. The van der Waals surface area contributed by atoms with E-state index < -0.39 is 0 Å². The molecule has 1 atom stereocenters. The van der Waals surface area contributed by atoms with Gasteiger partial charge in [-0.25, -0.2) is 4.98 Å². The molecule has 0 saturated carbocycles. The molecule has 1 aromatic heterocycles. The van der Waals surface area contributed by atoms with Gasteiger partial charge in [0, 0.05) is 23.8 Å². The van der Waals surface area contributed by atoms with Crippen LogP contribution in [0.3, 0.4) is 0 Å². The second-order valence-corrected chi connectivity index (χ2v) is 5.70. The minimum atomic E-state index is -0.00896. The Morgan fingerprint density at radius 2 is 2.11 bits per heavy atom. The van der Waals surface area contributed by atoms with Crippen molar-refractivity contribution in [3.63, 3.8) is 0 Å². The zero-order valence-corrected chi connectivity index (χ0v) is 13.0. The van der Waals surface area contributed by atoms with E-state index in [1.807, 2.05) is 12.1 Å². The summed E-state index contributed by atoms with van der Waals surface area (Å²) >= 11 is 0. The van der Waals surface area contributed by atoms with E-state index >= 15 is 0 Å². The van der Waals surface area contributed by atoms with Crippen LogP contribution in [0.2, 0.25) is 0 Å². The molecule has 4 heteroatoms. The molecule has 0 aromatic carbocycles. The summed E-state index contributed by atoms with van der Waals surface area (Å²) < 4.78 is 5.82. The van der Waals surface area contributed by atoms with E-state index in [4.69, 9.17) is 4.74 Å². The lowest BCUT2D eigenvalue weighted by Crippen LogP contribution is -2.43. The molecule has 19 heavy (non-hydrogen) atoms. The third kappa shape index (κ3) is 4.80. The van der Waals surface area contributed by atoms with E-state index in [1.54, 1.807) is 6.20 Å². The van der Waals surface area contributed by atoms with Gasteiger partial charge >= 0.3 is 0 Å². The van der Waals surface area contributed by atoms with Gasteiger partial charge in [0.05, 0.1) is 0 Å². The molecule has 0 fully saturated rings. The van der Waals surface area contributed by atoms with E-state index in [1.165, 1.54) is 5.56 Å². The molecule has 1 unspecified atom stereocenters. The number of pyridine rings is 1. The summed E-state index contributed by atoms with van der Waals surface area (Å²) in [6, 6.07) is 4.35. The predicted octanol–water partition coefficient (Wildman–Crippen LogP) is 2.47. The van der Waals surface area contributed by atoms with Gasteiger partial charge < -0.3 is 15.0 Å². The number of hydrogen-bond acceptors (Lipinski definition) is 4. The van der Waals surface area contributed by atoms with Gasteiger partial charge in [-0.2, -0.15) is 0 Å². The third-order valence-corrected chi connectivity index (χ3v) is 3.55. The molecule has 1 aromatic rings. The summed E-state index contributed by atoms with van der Waals surface area (Å²) in [6.07, 6.45) is 1.81. The number of nitrogens with zero attached hydrogens (tertiary/aromatic N) is 2. The fraction of sp³-hybridized carbons (Fsp3) is 0.667. The SMILES string of the molecule is CCNC(C)c1ccnc(OCC(C)(C)N(C)C)c1. The van der Waals surface area contributed by atoms with Crippen LogP contribution in [0.4, 0.5) is 0 Å². The number of hydrogen-bond donors (Lipinski definition) is 1. The Bertz CT molecular complexity index is 391. The van der Waals surface area contributed by atoms with Crippen molar-refractivity contribution >= 4 is 0 Å². The van der Waals surface area contributed by atoms with E-state index in [-0.39, 0.29) is 5.54 Å². The molecule has 0 radical (unpaired) electrons. The Morgan fingerprint density at radius 3 is 2.68 bits per heavy atom. The first-order chi connectivity index (χ1) is 8.86. The lowest BCUT2D eigenvalue weighted by Gasteiger charge is -2.31. The van der Waals surface area contributed by atoms with Crippen LogP contribution in [0.1, 0.15) is 39.3 Å². The normalized spacial score (nSPS) is 13.6. The maximum Gasteiger partial charge on any atom is 0.213 e. The largest absolute Gasteiger partial charge is 0.476 e. The van der Waals surface area contributed by atoms with Crippen LogP contribution in [0, 0.1) is 0 Å². The minimum Gasteiger partial charge on any atom is -0.476 e. The fourth-order valence-corrected chi connectivity index (χ4v) is 1.58. The van der Waals surface area contributed by atoms with Crippen LogP contribution >= 0.6 is 0 Å². The Balaban J connectivity index is 2.67. The van der Waals surface area contributed by atoms with Crippen LogP contribution in [-0.4, -0.2) is 42.7 Å². The first-order valence-electron chi connectivity index (χ1n) is 6.86. The van der Waals surface area contributed by atoms with E-state index in [9.17, 15) is 0 Å². The van der Waals surface area contributed by atoms with Crippen molar-refractivity contribution in [1.29, 1.82) is 0 Å². The Labute approximate surface area is 117 Å². The lowest BCUT2D eigenvalue weighted by molar-refractivity contribution is 0.111. The second-order valence-electron chi connectivity index (χ2n) is 5.70. The first kappa shape index (κ1) is 15.9. The van der Waals surface area contributed by atoms with E-state index in [0.717, 1.165) is 6.54 Å². The monoisotopic (exact) mass is 265 g/mol. The quantitative estimate of drug-likeness (QED) is 0.822. The zero-order valence-electron chi connectivity index (χ0n) is 13.0. The number of likely N-dealkylation sites (N-methyl/N-ethyl adjacent to an activating group) is 1. The highest BCUT2D eigenvalue weighted by atomic mass is 16.5. The van der Waals surface area contributed by atoms with Crippen LogP contribution in [0.5, 0.6) is 5.88 Å². The molecule has 0 bridgehead atoms. The molecule has 108 valence electrons. The molecular formula is C15H27N3O. The van der Waals surface area contributed by atoms with E-state index in [0.29, 0.717) is 18.5 Å². The topological polar surface area (TPSA) is 37.4 Å². The zero-order chi connectivity index (χ0) is 14.5. The van der Waals surface area contributed by atoms with Gasteiger partial charge in [-0.3, -0.25) is 0 Å². The second kappa shape index (κ2) is 6.87. The third-order valence-electron chi connectivity index (χ3n) is 3.55. The molecule has 1 N–H and O–H groups in total. The fourth-order valence-electron chi connectivity index (χ4n) is 1.58. The highest BCUT2D eigenvalue weighted by Gasteiger charge is 2.21. The summed E-state index contributed by atoms with van der Waals surface area (Å²) in [5.41, 5.74) is 1.19. The van der Waals surface area contributed by atoms with Gasteiger partial charge in [-0.15, -0.1) is 0 Å². The van der Waals surface area contributed by atoms with Gasteiger partial charge in [-0.05, 0) is 53.0 Å². The standard InChI is InChI=1S/C15H27N3O/c1-7-16-12(2)13-8-9-17-14(10-13)19-11-15(3,4)18(5)6/h8-10,12,16H,7,11H2,1-6H3. The van der Waals surface area contributed by atoms with Crippen molar-refractivity contribution in [2.24, 2.45) is 0 Å². The molecule has 0 spiro atoms. The van der Waals surface area contributed by atoms with Crippen molar-refractivity contribution in [1.82, 2.24) is 15.2 Å². The molecule has 0 aliphatic rings. The van der Waals surface area contributed by atoms with Crippen LogP contribution in [-0.2, 0) is 0 Å². The Kier molecular flexibility index (Phi) is 5.76. The summed E-state index contributed by atoms with van der Waals surface area (Å²) in [4.78, 5) is 6.43. The first-order valence-corrected chi connectivity index (χ1v) is 6.86. The maximum atomic E-state index is 5.82. The molecule has 0 aliphatic heterocycles. The van der Waals surface area contributed by atoms with Crippen molar-refractivity contribution in [2.75, 3.05) is 27.2 Å². The highest BCUT2D eigenvalue weighted by molar-refractivity contribution is 5.23. The maximum absolute atomic E-state index is 5.82. The van der Waals surface area contributed by atoms with Crippen molar-refractivity contribution in [3.8, 4) is 5.88 Å². The molecule has 1 rings (SSSR count). The molecular weight excluding hydrogens is 238 g/mol. The van der Waals surface area contributed by atoms with Gasteiger partial charge in [0.25, 0.3) is 0 Å². The molecule has 0 aliphatic carbocycles. The number of ether oxygens (including phenoxy) is 1. The number of nitrogens with one attached hydrogen (secondary N) is 1. The molecule has 4 nitrogen and oxygen atoms in total. The molecule has 1 heterocycles. The molecule has 0 saturated heterocycles. The van der Waals surface area contributed by atoms with Gasteiger partial charge in [0.15, 0.2) is 0 Å². The van der Waals surface area contributed by atoms with Crippen molar-refractivity contribution in [3.05, 3.63) is 23.9 Å². The summed E-state index contributed by atoms with van der Waals surface area (Å²) in [6.45, 7) is 10.1. The predicted molar refractivity (Wildman–Crippen MR) is 79.6 cm³/mol. The van der Waals surface area contributed by atoms with Crippen LogP contribution in [0.25, 0.3) is 0 Å². The summed E-state index contributed by atoms with van der Waals surface area (Å²) in [5, 5.41) is 3.39.